The van der Waals surface area contributed by atoms with E-state index < -0.39 is 0 Å². The van der Waals surface area contributed by atoms with Crippen LogP contribution in [-0.2, 0) is 11.2 Å². The van der Waals surface area contributed by atoms with Crippen molar-refractivity contribution in [3.63, 3.8) is 0 Å². The molecule has 5 nitrogen and oxygen atoms in total. The number of hydrogen-bond donors (Lipinski definition) is 2. The molecule has 0 atom stereocenters. The molecular weight excluding hydrogens is 206 g/mol. The number of amides is 1. The number of pyridine rings is 1. The van der Waals surface area contributed by atoms with Crippen molar-refractivity contribution >= 4 is 5.91 Å². The second-order valence-corrected chi connectivity index (χ2v) is 3.27. The standard InChI is InChI=1S/C11H17N3O2/c1-2-13-11(15)8-16-10-4-3-9(5-6-12)14-7-10/h3-4,7H,2,5-6,8,12H2,1H3,(H,13,15). The van der Waals surface area contributed by atoms with Crippen LogP contribution >= 0.6 is 0 Å². The number of nitrogens with two attached hydrogens (primary N) is 1. The molecule has 1 rings (SSSR count). The molecular formula is C11H17N3O2. The predicted molar refractivity (Wildman–Crippen MR) is 61.2 cm³/mol. The minimum atomic E-state index is -0.131. The predicted octanol–water partition coefficient (Wildman–Crippen LogP) is 0.0977. The molecule has 0 fully saturated rings. The third-order valence-electron chi connectivity index (χ3n) is 1.94. The van der Waals surface area contributed by atoms with Crippen LogP contribution in [0.15, 0.2) is 18.3 Å². The van der Waals surface area contributed by atoms with Gasteiger partial charge >= 0.3 is 0 Å². The molecule has 1 aromatic heterocycles. The molecule has 0 aliphatic heterocycles. The highest BCUT2D eigenvalue weighted by atomic mass is 16.5. The van der Waals surface area contributed by atoms with Crippen LogP contribution in [0.3, 0.4) is 0 Å². The number of carbonyl (C=O) groups is 1. The van der Waals surface area contributed by atoms with Crippen molar-refractivity contribution in [2.45, 2.75) is 13.3 Å². The molecule has 1 heterocycles. The quantitative estimate of drug-likeness (QED) is 0.717. The largest absolute Gasteiger partial charge is 0.482 e. The van der Waals surface area contributed by atoms with E-state index in [0.29, 0.717) is 18.8 Å². The lowest BCUT2D eigenvalue weighted by molar-refractivity contribution is -0.122. The van der Waals surface area contributed by atoms with Crippen molar-refractivity contribution in [2.75, 3.05) is 19.7 Å². The van der Waals surface area contributed by atoms with Crippen molar-refractivity contribution in [3.05, 3.63) is 24.0 Å². The SMILES string of the molecule is CCNC(=O)COc1ccc(CCN)nc1. The second-order valence-electron chi connectivity index (χ2n) is 3.27. The van der Waals surface area contributed by atoms with Gasteiger partial charge in [-0.2, -0.15) is 0 Å². The molecule has 0 aliphatic rings. The number of hydrogen-bond acceptors (Lipinski definition) is 4. The molecule has 5 heteroatoms. The maximum absolute atomic E-state index is 11.1. The van der Waals surface area contributed by atoms with Gasteiger partial charge in [0.05, 0.1) is 6.20 Å². The Hall–Kier alpha value is -1.62. The first-order valence-electron chi connectivity index (χ1n) is 5.30. The Kier molecular flexibility index (Phi) is 5.28. The van der Waals surface area contributed by atoms with Crippen molar-refractivity contribution in [3.8, 4) is 5.75 Å². The summed E-state index contributed by atoms with van der Waals surface area (Å²) in [5.74, 6) is 0.459. The van der Waals surface area contributed by atoms with Crippen molar-refractivity contribution < 1.29 is 9.53 Å². The summed E-state index contributed by atoms with van der Waals surface area (Å²) < 4.78 is 5.25. The minimum absolute atomic E-state index is 0.0196. The smallest absolute Gasteiger partial charge is 0.257 e. The maximum Gasteiger partial charge on any atom is 0.257 e. The van der Waals surface area contributed by atoms with E-state index in [1.807, 2.05) is 13.0 Å². The lowest BCUT2D eigenvalue weighted by Crippen LogP contribution is -2.28. The summed E-state index contributed by atoms with van der Waals surface area (Å²) in [4.78, 5) is 15.3. The topological polar surface area (TPSA) is 77.2 Å². The van der Waals surface area contributed by atoms with Crippen LogP contribution in [0, 0.1) is 0 Å². The number of aromatic nitrogens is 1. The Morgan fingerprint density at radius 3 is 2.94 bits per heavy atom. The van der Waals surface area contributed by atoms with Crippen LogP contribution in [0.25, 0.3) is 0 Å². The van der Waals surface area contributed by atoms with Gasteiger partial charge in [0.25, 0.3) is 5.91 Å². The zero-order valence-electron chi connectivity index (χ0n) is 9.40. The monoisotopic (exact) mass is 223 g/mol. The molecule has 0 radical (unpaired) electrons. The highest BCUT2D eigenvalue weighted by Gasteiger charge is 2.01. The van der Waals surface area contributed by atoms with Crippen LogP contribution in [-0.4, -0.2) is 30.6 Å². The Morgan fingerprint density at radius 1 is 1.56 bits per heavy atom. The highest BCUT2D eigenvalue weighted by Crippen LogP contribution is 2.08. The van der Waals surface area contributed by atoms with Crippen LogP contribution < -0.4 is 15.8 Å². The van der Waals surface area contributed by atoms with Crippen LogP contribution in [0.1, 0.15) is 12.6 Å². The van der Waals surface area contributed by atoms with Gasteiger partial charge in [-0.15, -0.1) is 0 Å². The number of likely N-dealkylation sites (N-methyl/N-ethyl adjacent to an activating group) is 1. The summed E-state index contributed by atoms with van der Waals surface area (Å²) in [5, 5.41) is 2.65. The Balaban J connectivity index is 2.40. The van der Waals surface area contributed by atoms with Crippen LogP contribution in [0.4, 0.5) is 0 Å². The summed E-state index contributed by atoms with van der Waals surface area (Å²) in [6.07, 6.45) is 2.35. The lowest BCUT2D eigenvalue weighted by atomic mass is 10.3. The highest BCUT2D eigenvalue weighted by molar-refractivity contribution is 5.77. The van der Waals surface area contributed by atoms with Crippen molar-refractivity contribution in [1.82, 2.24) is 10.3 Å². The lowest BCUT2D eigenvalue weighted by Gasteiger charge is -2.06. The first-order valence-corrected chi connectivity index (χ1v) is 5.30. The third kappa shape index (κ3) is 4.27. The van der Waals surface area contributed by atoms with E-state index in [4.69, 9.17) is 10.5 Å². The van der Waals surface area contributed by atoms with Gasteiger partial charge in [0, 0.05) is 18.7 Å². The molecule has 0 aliphatic carbocycles. The number of rotatable bonds is 6. The summed E-state index contributed by atoms with van der Waals surface area (Å²) in [6.45, 7) is 3.06. The summed E-state index contributed by atoms with van der Waals surface area (Å²) >= 11 is 0. The van der Waals surface area contributed by atoms with Crippen LogP contribution in [0.2, 0.25) is 0 Å². The van der Waals surface area contributed by atoms with Crippen LogP contribution in [0.5, 0.6) is 5.75 Å². The zero-order valence-corrected chi connectivity index (χ0v) is 9.40. The van der Waals surface area contributed by atoms with E-state index in [9.17, 15) is 4.79 Å². The first kappa shape index (κ1) is 12.4. The van der Waals surface area contributed by atoms with Crippen molar-refractivity contribution in [2.24, 2.45) is 5.73 Å². The van der Waals surface area contributed by atoms with E-state index in [-0.39, 0.29) is 12.5 Å². The number of nitrogens with one attached hydrogen (secondary N) is 1. The van der Waals surface area contributed by atoms with Gasteiger partial charge in [-0.1, -0.05) is 0 Å². The molecule has 0 aromatic carbocycles. The fraction of sp³-hybridized carbons (Fsp3) is 0.455. The van der Waals surface area contributed by atoms with Gasteiger partial charge in [-0.3, -0.25) is 9.78 Å². The average molecular weight is 223 g/mol. The maximum atomic E-state index is 11.1. The second kappa shape index (κ2) is 6.79. The number of nitrogens with zero attached hydrogens (tertiary/aromatic N) is 1. The molecule has 0 spiro atoms. The summed E-state index contributed by atoms with van der Waals surface area (Å²) in [6, 6.07) is 3.64. The van der Waals surface area contributed by atoms with Gasteiger partial charge in [0.15, 0.2) is 6.61 Å². The van der Waals surface area contributed by atoms with Gasteiger partial charge in [-0.25, -0.2) is 0 Å². The normalized spacial score (nSPS) is 9.88. The average Bonchev–Trinajstić information content (AvgIpc) is 2.29. The van der Waals surface area contributed by atoms with Gasteiger partial charge < -0.3 is 15.8 Å². The number of ether oxygens (including phenoxy) is 1. The van der Waals surface area contributed by atoms with Gasteiger partial charge in [0.1, 0.15) is 5.75 Å². The molecule has 0 unspecified atom stereocenters. The zero-order chi connectivity index (χ0) is 11.8. The van der Waals surface area contributed by atoms with E-state index in [1.54, 1.807) is 12.3 Å². The molecule has 16 heavy (non-hydrogen) atoms. The molecule has 3 N–H and O–H groups in total. The molecule has 0 saturated carbocycles. The molecule has 0 saturated heterocycles. The van der Waals surface area contributed by atoms with E-state index >= 15 is 0 Å². The fourth-order valence-corrected chi connectivity index (χ4v) is 1.19. The fourth-order valence-electron chi connectivity index (χ4n) is 1.19. The first-order chi connectivity index (χ1) is 7.76. The molecule has 1 aromatic rings. The van der Waals surface area contributed by atoms with E-state index in [1.165, 1.54) is 0 Å². The Labute approximate surface area is 95.0 Å². The Morgan fingerprint density at radius 2 is 2.38 bits per heavy atom. The molecule has 1 amide bonds. The van der Waals surface area contributed by atoms with Crippen molar-refractivity contribution in [1.29, 1.82) is 0 Å². The third-order valence-corrected chi connectivity index (χ3v) is 1.94. The molecule has 88 valence electrons. The minimum Gasteiger partial charge on any atom is -0.482 e. The van der Waals surface area contributed by atoms with Gasteiger partial charge in [-0.05, 0) is 25.6 Å². The van der Waals surface area contributed by atoms with Gasteiger partial charge in [0.2, 0.25) is 0 Å². The number of carbonyl (C=O) groups excluding carboxylic acids is 1. The molecule has 0 bridgehead atoms. The summed E-state index contributed by atoms with van der Waals surface area (Å²) in [5.41, 5.74) is 6.33. The summed E-state index contributed by atoms with van der Waals surface area (Å²) in [7, 11) is 0. The van der Waals surface area contributed by atoms with E-state index in [0.717, 1.165) is 12.1 Å². The van der Waals surface area contributed by atoms with E-state index in [2.05, 4.69) is 10.3 Å². The Bertz CT molecular complexity index is 325.